The van der Waals surface area contributed by atoms with E-state index in [1.165, 1.54) is 6.92 Å². The van der Waals surface area contributed by atoms with Crippen molar-refractivity contribution in [3.63, 3.8) is 0 Å². The Morgan fingerprint density at radius 2 is 1.76 bits per heavy atom. The van der Waals surface area contributed by atoms with Crippen LogP contribution in [0.5, 0.6) is 0 Å². The van der Waals surface area contributed by atoms with Gasteiger partial charge in [0.05, 0.1) is 11.3 Å². The zero-order valence-corrected chi connectivity index (χ0v) is 16.8. The minimum atomic E-state index is -0.159. The van der Waals surface area contributed by atoms with E-state index in [0.717, 1.165) is 48.4 Å². The summed E-state index contributed by atoms with van der Waals surface area (Å²) in [4.78, 5) is 27.2. The number of anilines is 2. The van der Waals surface area contributed by atoms with Crippen LogP contribution in [0.15, 0.2) is 42.5 Å². The number of ketones is 1. The Morgan fingerprint density at radius 1 is 1.10 bits per heavy atom. The van der Waals surface area contributed by atoms with Crippen LogP contribution in [-0.4, -0.2) is 42.8 Å². The van der Waals surface area contributed by atoms with Crippen LogP contribution in [0.25, 0.3) is 11.3 Å². The molecule has 2 heterocycles. The largest absolute Gasteiger partial charge is 0.399 e. The Balaban J connectivity index is 1.82. The molecular formula is C23H26N4O2. The third-order valence-electron chi connectivity index (χ3n) is 5.69. The topological polar surface area (TPSA) is 87.5 Å². The maximum atomic E-state index is 13.0. The zero-order valence-electron chi connectivity index (χ0n) is 16.8. The summed E-state index contributed by atoms with van der Waals surface area (Å²) in [6.07, 6.45) is 2.01. The fourth-order valence-corrected chi connectivity index (χ4v) is 3.94. The molecule has 0 unspecified atom stereocenters. The van der Waals surface area contributed by atoms with E-state index in [2.05, 4.69) is 22.6 Å². The second-order valence-corrected chi connectivity index (χ2v) is 7.86. The first kappa shape index (κ1) is 19.2. The zero-order chi connectivity index (χ0) is 20.5. The standard InChI is InChI=1S/C23H26N4O2/c1-14(28)16-5-8-20-19(13-16)21(23(29)26-20)22(15-3-6-17(24)7-4-15)25-18-9-11-27(2)12-10-18/h3-8,13,18,25H,9-12,24H2,1-2H3,(H,26,29)/b22-21-. The average Bonchev–Trinajstić information content (AvgIpc) is 3.03. The van der Waals surface area contributed by atoms with Gasteiger partial charge in [-0.15, -0.1) is 0 Å². The second kappa shape index (κ2) is 7.72. The van der Waals surface area contributed by atoms with Gasteiger partial charge in [-0.2, -0.15) is 0 Å². The molecule has 2 aliphatic rings. The number of nitrogen functional groups attached to an aromatic ring is 1. The van der Waals surface area contributed by atoms with Crippen molar-refractivity contribution in [1.29, 1.82) is 0 Å². The van der Waals surface area contributed by atoms with Gasteiger partial charge in [0.15, 0.2) is 5.78 Å². The van der Waals surface area contributed by atoms with Gasteiger partial charge in [-0.05, 0) is 75.8 Å². The Kier molecular flexibility index (Phi) is 5.11. The SMILES string of the molecule is CC(=O)c1ccc2c(c1)/C(=C(/NC1CCN(C)CC1)c1ccc(N)cc1)C(=O)N2. The molecule has 6 nitrogen and oxygen atoms in total. The molecule has 0 aromatic heterocycles. The predicted octanol–water partition coefficient (Wildman–Crippen LogP) is 2.98. The normalized spacial score (nSPS) is 18.9. The van der Waals surface area contributed by atoms with E-state index in [4.69, 9.17) is 5.73 Å². The molecule has 0 saturated carbocycles. The van der Waals surface area contributed by atoms with E-state index in [9.17, 15) is 9.59 Å². The van der Waals surface area contributed by atoms with Gasteiger partial charge in [-0.3, -0.25) is 9.59 Å². The summed E-state index contributed by atoms with van der Waals surface area (Å²) in [6.45, 7) is 3.56. The molecule has 150 valence electrons. The maximum Gasteiger partial charge on any atom is 0.258 e. The summed E-state index contributed by atoms with van der Waals surface area (Å²) in [6, 6.07) is 13.2. The molecule has 4 N–H and O–H groups in total. The number of carbonyl (C=O) groups is 2. The van der Waals surface area contributed by atoms with Crippen molar-refractivity contribution < 1.29 is 9.59 Å². The number of fused-ring (bicyclic) bond motifs is 1. The summed E-state index contributed by atoms with van der Waals surface area (Å²) in [7, 11) is 2.12. The molecule has 1 fully saturated rings. The first-order valence-corrected chi connectivity index (χ1v) is 9.94. The van der Waals surface area contributed by atoms with Crippen LogP contribution in [0.1, 0.15) is 41.3 Å². The lowest BCUT2D eigenvalue weighted by molar-refractivity contribution is -0.110. The number of nitrogens with one attached hydrogen (secondary N) is 2. The molecule has 2 aromatic carbocycles. The molecule has 0 atom stereocenters. The monoisotopic (exact) mass is 390 g/mol. The Bertz CT molecular complexity index is 986. The molecule has 2 aliphatic heterocycles. The molecule has 2 aromatic rings. The van der Waals surface area contributed by atoms with Gasteiger partial charge in [-0.1, -0.05) is 12.1 Å². The third-order valence-corrected chi connectivity index (χ3v) is 5.69. The van der Waals surface area contributed by atoms with E-state index in [1.54, 1.807) is 18.2 Å². The van der Waals surface area contributed by atoms with Crippen LogP contribution in [0, 0.1) is 0 Å². The maximum absolute atomic E-state index is 13.0. The van der Waals surface area contributed by atoms with Crippen molar-refractivity contribution in [3.05, 3.63) is 59.2 Å². The van der Waals surface area contributed by atoms with E-state index < -0.39 is 0 Å². The van der Waals surface area contributed by atoms with Crippen LogP contribution >= 0.6 is 0 Å². The lowest BCUT2D eigenvalue weighted by Gasteiger charge is -2.31. The molecule has 1 amide bonds. The van der Waals surface area contributed by atoms with Crippen molar-refractivity contribution in [3.8, 4) is 0 Å². The Hall–Kier alpha value is -3.12. The molecule has 0 bridgehead atoms. The number of Topliss-reactive ketones (excluding diaryl/α,β-unsaturated/α-hetero) is 1. The van der Waals surface area contributed by atoms with Gasteiger partial charge in [0, 0.05) is 28.5 Å². The Morgan fingerprint density at radius 3 is 2.41 bits per heavy atom. The van der Waals surface area contributed by atoms with Gasteiger partial charge < -0.3 is 21.3 Å². The number of rotatable bonds is 4. The van der Waals surface area contributed by atoms with Crippen molar-refractivity contribution in [2.24, 2.45) is 0 Å². The summed E-state index contributed by atoms with van der Waals surface area (Å²) < 4.78 is 0. The minimum absolute atomic E-state index is 0.0242. The fourth-order valence-electron chi connectivity index (χ4n) is 3.94. The van der Waals surface area contributed by atoms with Crippen molar-refractivity contribution >= 4 is 34.3 Å². The minimum Gasteiger partial charge on any atom is -0.399 e. The highest BCUT2D eigenvalue weighted by molar-refractivity contribution is 6.36. The van der Waals surface area contributed by atoms with Gasteiger partial charge in [0.2, 0.25) is 0 Å². The molecule has 0 spiro atoms. The summed E-state index contributed by atoms with van der Waals surface area (Å²) in [5, 5.41) is 6.58. The van der Waals surface area contributed by atoms with Crippen LogP contribution in [0.4, 0.5) is 11.4 Å². The quantitative estimate of drug-likeness (QED) is 0.424. The highest BCUT2D eigenvalue weighted by atomic mass is 16.2. The first-order valence-electron chi connectivity index (χ1n) is 9.94. The number of benzene rings is 2. The van der Waals surface area contributed by atoms with Gasteiger partial charge in [-0.25, -0.2) is 0 Å². The van der Waals surface area contributed by atoms with Crippen LogP contribution in [0.2, 0.25) is 0 Å². The van der Waals surface area contributed by atoms with Crippen LogP contribution in [-0.2, 0) is 4.79 Å². The number of hydrogen-bond acceptors (Lipinski definition) is 5. The summed E-state index contributed by atoms with van der Waals surface area (Å²) in [5.41, 5.74) is 10.9. The molecule has 0 radical (unpaired) electrons. The van der Waals surface area contributed by atoms with E-state index in [-0.39, 0.29) is 17.7 Å². The molecular weight excluding hydrogens is 364 g/mol. The number of hydrogen-bond donors (Lipinski definition) is 3. The summed E-state index contributed by atoms with van der Waals surface area (Å²) >= 11 is 0. The average molecular weight is 390 g/mol. The smallest absolute Gasteiger partial charge is 0.258 e. The van der Waals surface area contributed by atoms with Crippen LogP contribution in [0.3, 0.4) is 0 Å². The second-order valence-electron chi connectivity index (χ2n) is 7.86. The highest BCUT2D eigenvalue weighted by Crippen LogP contribution is 2.37. The van der Waals surface area contributed by atoms with Gasteiger partial charge in [0.25, 0.3) is 5.91 Å². The van der Waals surface area contributed by atoms with E-state index in [1.807, 2.05) is 24.3 Å². The lowest BCUT2D eigenvalue weighted by atomic mass is 9.96. The molecule has 4 rings (SSSR count). The molecule has 1 saturated heterocycles. The fraction of sp³-hybridized carbons (Fsp3) is 0.304. The number of likely N-dealkylation sites (tertiary alicyclic amines) is 1. The molecule has 6 heteroatoms. The van der Waals surface area contributed by atoms with Crippen molar-refractivity contribution in [2.45, 2.75) is 25.8 Å². The number of nitrogens with two attached hydrogens (primary N) is 1. The Labute approximate surface area is 170 Å². The lowest BCUT2D eigenvalue weighted by Crippen LogP contribution is -2.40. The highest BCUT2D eigenvalue weighted by Gasteiger charge is 2.30. The number of nitrogens with zero attached hydrogens (tertiary/aromatic N) is 1. The van der Waals surface area contributed by atoms with Crippen molar-refractivity contribution in [2.75, 3.05) is 31.2 Å². The van der Waals surface area contributed by atoms with E-state index >= 15 is 0 Å². The molecule has 29 heavy (non-hydrogen) atoms. The number of piperidine rings is 1. The predicted molar refractivity (Wildman–Crippen MR) is 116 cm³/mol. The third kappa shape index (κ3) is 3.89. The van der Waals surface area contributed by atoms with E-state index in [0.29, 0.717) is 16.8 Å². The number of carbonyl (C=O) groups excluding carboxylic acids is 2. The first-order chi connectivity index (χ1) is 13.9. The molecule has 0 aliphatic carbocycles. The van der Waals surface area contributed by atoms with Gasteiger partial charge >= 0.3 is 0 Å². The van der Waals surface area contributed by atoms with Gasteiger partial charge in [0.1, 0.15) is 0 Å². The number of amides is 1. The van der Waals surface area contributed by atoms with Crippen molar-refractivity contribution in [1.82, 2.24) is 10.2 Å². The summed E-state index contributed by atoms with van der Waals surface area (Å²) in [5.74, 6) is -0.184. The van der Waals surface area contributed by atoms with Crippen LogP contribution < -0.4 is 16.4 Å².